The molecule has 164 valence electrons. The Morgan fingerprint density at radius 1 is 1.23 bits per heavy atom. The number of aryl methyl sites for hydroxylation is 2. The highest BCUT2D eigenvalue weighted by Gasteiger charge is 2.24. The molecular weight excluding hydrogens is 398 g/mol. The second-order valence-corrected chi connectivity index (χ2v) is 8.43. The van der Waals surface area contributed by atoms with E-state index in [1.54, 1.807) is 25.6 Å². The SMILES string of the molecule is CN=C(NCCCCc1nc(C)cs1)NC1CCN(c2cc(OC)cc(OC)c2)C1. The van der Waals surface area contributed by atoms with Gasteiger partial charge in [0.2, 0.25) is 0 Å². The molecule has 0 saturated carbocycles. The van der Waals surface area contributed by atoms with Crippen molar-refractivity contribution >= 4 is 23.0 Å². The van der Waals surface area contributed by atoms with Crippen LogP contribution in [0.5, 0.6) is 11.5 Å². The van der Waals surface area contributed by atoms with Gasteiger partial charge in [-0.15, -0.1) is 11.3 Å². The fourth-order valence-electron chi connectivity index (χ4n) is 3.60. The molecule has 2 heterocycles. The maximum atomic E-state index is 5.40. The number of aliphatic imine (C=N–C) groups is 1. The number of benzene rings is 1. The number of hydrogen-bond donors (Lipinski definition) is 2. The highest BCUT2D eigenvalue weighted by atomic mass is 32.1. The lowest BCUT2D eigenvalue weighted by atomic mass is 10.2. The van der Waals surface area contributed by atoms with Crippen LogP contribution in [0.4, 0.5) is 5.69 Å². The number of guanidine groups is 1. The number of thiazole rings is 1. The van der Waals surface area contributed by atoms with Gasteiger partial charge in [0.05, 0.1) is 19.2 Å². The lowest BCUT2D eigenvalue weighted by molar-refractivity contribution is 0.394. The minimum absolute atomic E-state index is 0.353. The summed E-state index contributed by atoms with van der Waals surface area (Å²) in [7, 11) is 5.19. The fourth-order valence-corrected chi connectivity index (χ4v) is 4.42. The lowest BCUT2D eigenvalue weighted by Gasteiger charge is -2.21. The first-order valence-electron chi connectivity index (χ1n) is 10.5. The molecular formula is C22H33N5O2S. The summed E-state index contributed by atoms with van der Waals surface area (Å²) in [6.07, 6.45) is 4.34. The maximum Gasteiger partial charge on any atom is 0.191 e. The molecule has 1 unspecified atom stereocenters. The number of nitrogens with zero attached hydrogens (tertiary/aromatic N) is 3. The van der Waals surface area contributed by atoms with E-state index in [1.807, 2.05) is 20.0 Å². The van der Waals surface area contributed by atoms with E-state index in [0.717, 1.165) is 74.2 Å². The van der Waals surface area contributed by atoms with E-state index >= 15 is 0 Å². The predicted octanol–water partition coefficient (Wildman–Crippen LogP) is 3.24. The van der Waals surface area contributed by atoms with E-state index in [2.05, 4.69) is 43.0 Å². The summed E-state index contributed by atoms with van der Waals surface area (Å²) in [5.74, 6) is 2.49. The van der Waals surface area contributed by atoms with Crippen LogP contribution in [0.25, 0.3) is 0 Å². The molecule has 1 atom stereocenters. The Morgan fingerprint density at radius 2 is 2.00 bits per heavy atom. The van der Waals surface area contributed by atoms with Gasteiger partial charge < -0.3 is 25.0 Å². The van der Waals surface area contributed by atoms with Gasteiger partial charge in [-0.05, 0) is 32.6 Å². The summed E-state index contributed by atoms with van der Waals surface area (Å²) in [5.41, 5.74) is 2.24. The van der Waals surface area contributed by atoms with Crippen molar-refractivity contribution in [3.63, 3.8) is 0 Å². The molecule has 0 spiro atoms. The quantitative estimate of drug-likeness (QED) is 0.361. The number of methoxy groups -OCH3 is 2. The number of ether oxygens (including phenoxy) is 2. The van der Waals surface area contributed by atoms with Gasteiger partial charge in [0.25, 0.3) is 0 Å². The minimum atomic E-state index is 0.353. The van der Waals surface area contributed by atoms with Crippen LogP contribution < -0.4 is 25.0 Å². The molecule has 8 heteroatoms. The van der Waals surface area contributed by atoms with Gasteiger partial charge in [-0.25, -0.2) is 4.98 Å². The van der Waals surface area contributed by atoms with Gasteiger partial charge in [0.15, 0.2) is 5.96 Å². The normalized spacial score (nSPS) is 16.6. The number of unbranched alkanes of at least 4 members (excludes halogenated alkanes) is 1. The zero-order chi connectivity index (χ0) is 21.3. The maximum absolute atomic E-state index is 5.40. The Kier molecular flexibility index (Phi) is 8.19. The van der Waals surface area contributed by atoms with Crippen molar-refractivity contribution in [2.75, 3.05) is 45.8 Å². The van der Waals surface area contributed by atoms with E-state index in [9.17, 15) is 0 Å². The van der Waals surface area contributed by atoms with E-state index in [-0.39, 0.29) is 0 Å². The third kappa shape index (κ3) is 6.26. The summed E-state index contributed by atoms with van der Waals surface area (Å²) in [5, 5.41) is 10.3. The number of nitrogens with one attached hydrogen (secondary N) is 2. The molecule has 2 N–H and O–H groups in total. The average Bonchev–Trinajstić information content (AvgIpc) is 3.41. The topological polar surface area (TPSA) is 71.0 Å². The smallest absolute Gasteiger partial charge is 0.191 e. The van der Waals surface area contributed by atoms with E-state index in [0.29, 0.717) is 6.04 Å². The Hall–Kier alpha value is -2.48. The molecule has 2 aromatic rings. The Morgan fingerprint density at radius 3 is 2.63 bits per heavy atom. The number of aromatic nitrogens is 1. The molecule has 0 bridgehead atoms. The molecule has 1 aliphatic heterocycles. The van der Waals surface area contributed by atoms with Crippen LogP contribution in [0.15, 0.2) is 28.6 Å². The first kappa shape index (κ1) is 22.2. The highest BCUT2D eigenvalue weighted by Crippen LogP contribution is 2.30. The van der Waals surface area contributed by atoms with Crippen LogP contribution >= 0.6 is 11.3 Å². The van der Waals surface area contributed by atoms with Crippen LogP contribution in [0, 0.1) is 6.92 Å². The average molecular weight is 432 g/mol. The summed E-state index contributed by atoms with van der Waals surface area (Å²) in [4.78, 5) is 11.3. The number of anilines is 1. The summed E-state index contributed by atoms with van der Waals surface area (Å²) in [6, 6.07) is 6.37. The summed E-state index contributed by atoms with van der Waals surface area (Å²) < 4.78 is 10.8. The zero-order valence-electron chi connectivity index (χ0n) is 18.4. The third-order valence-corrected chi connectivity index (χ3v) is 6.26. The van der Waals surface area contributed by atoms with Gasteiger partial charge in [-0.2, -0.15) is 0 Å². The van der Waals surface area contributed by atoms with Crippen molar-refractivity contribution in [2.24, 2.45) is 4.99 Å². The molecule has 1 fully saturated rings. The summed E-state index contributed by atoms with van der Waals surface area (Å²) in [6.45, 7) is 4.86. The van der Waals surface area contributed by atoms with E-state index in [4.69, 9.17) is 9.47 Å². The Labute approximate surface area is 183 Å². The molecule has 7 nitrogen and oxygen atoms in total. The van der Waals surface area contributed by atoms with Crippen LogP contribution in [0.1, 0.15) is 30.0 Å². The van der Waals surface area contributed by atoms with Gasteiger partial charge in [-0.1, -0.05) is 0 Å². The third-order valence-electron chi connectivity index (χ3n) is 5.23. The van der Waals surface area contributed by atoms with Crippen molar-refractivity contribution in [1.29, 1.82) is 0 Å². The molecule has 0 aliphatic carbocycles. The second-order valence-electron chi connectivity index (χ2n) is 7.49. The molecule has 1 aliphatic rings. The molecule has 0 radical (unpaired) electrons. The van der Waals surface area contributed by atoms with Crippen molar-refractivity contribution < 1.29 is 9.47 Å². The van der Waals surface area contributed by atoms with E-state index in [1.165, 1.54) is 5.01 Å². The fraction of sp³-hybridized carbons (Fsp3) is 0.545. The highest BCUT2D eigenvalue weighted by molar-refractivity contribution is 7.09. The molecule has 30 heavy (non-hydrogen) atoms. The molecule has 3 rings (SSSR count). The van der Waals surface area contributed by atoms with Crippen LogP contribution in [-0.4, -0.2) is 57.9 Å². The lowest BCUT2D eigenvalue weighted by Crippen LogP contribution is -2.44. The molecule has 1 aromatic heterocycles. The molecule has 0 amide bonds. The van der Waals surface area contributed by atoms with Crippen LogP contribution in [0.3, 0.4) is 0 Å². The van der Waals surface area contributed by atoms with Crippen molar-refractivity contribution in [3.8, 4) is 11.5 Å². The zero-order valence-corrected chi connectivity index (χ0v) is 19.2. The minimum Gasteiger partial charge on any atom is -0.497 e. The molecule has 1 saturated heterocycles. The van der Waals surface area contributed by atoms with Crippen molar-refractivity contribution in [2.45, 2.75) is 38.6 Å². The van der Waals surface area contributed by atoms with Gasteiger partial charge in [0, 0.05) is 67.7 Å². The number of hydrogen-bond acceptors (Lipinski definition) is 6. The van der Waals surface area contributed by atoms with Crippen LogP contribution in [0.2, 0.25) is 0 Å². The van der Waals surface area contributed by atoms with Crippen molar-refractivity contribution in [3.05, 3.63) is 34.3 Å². The first-order valence-corrected chi connectivity index (χ1v) is 11.4. The molecule has 1 aromatic carbocycles. The Balaban J connectivity index is 1.42. The summed E-state index contributed by atoms with van der Waals surface area (Å²) >= 11 is 1.75. The van der Waals surface area contributed by atoms with E-state index < -0.39 is 0 Å². The van der Waals surface area contributed by atoms with Gasteiger partial charge >= 0.3 is 0 Å². The largest absolute Gasteiger partial charge is 0.497 e. The van der Waals surface area contributed by atoms with Crippen LogP contribution in [-0.2, 0) is 6.42 Å². The number of rotatable bonds is 9. The van der Waals surface area contributed by atoms with Crippen molar-refractivity contribution in [1.82, 2.24) is 15.6 Å². The predicted molar refractivity (Wildman–Crippen MR) is 124 cm³/mol. The van der Waals surface area contributed by atoms with Gasteiger partial charge in [0.1, 0.15) is 11.5 Å². The Bertz CT molecular complexity index is 816. The monoisotopic (exact) mass is 431 g/mol. The standard InChI is InChI=1S/C22H33N5O2S/c1-16-15-30-21(25-16)7-5-6-9-24-22(23-2)26-17-8-10-27(14-17)18-11-19(28-3)13-20(12-18)29-4/h11-13,15,17H,5-10,14H2,1-4H3,(H2,23,24,26). The second kappa shape index (κ2) is 11.1. The first-order chi connectivity index (χ1) is 14.6. The van der Waals surface area contributed by atoms with Gasteiger partial charge in [-0.3, -0.25) is 4.99 Å².